The molecule has 0 bridgehead atoms. The first-order valence-electron chi connectivity index (χ1n) is 23.8. The number of hydrogen-bond donors (Lipinski definition) is 1. The van der Waals surface area contributed by atoms with Gasteiger partial charge in [-0.25, -0.2) is 0 Å². The Morgan fingerprint density at radius 2 is 1.19 bits per heavy atom. The summed E-state index contributed by atoms with van der Waals surface area (Å²) in [5.74, 6) is 7.84. The van der Waals surface area contributed by atoms with Gasteiger partial charge in [0.15, 0.2) is 11.5 Å². The summed E-state index contributed by atoms with van der Waals surface area (Å²) in [6.07, 6.45) is 19.6. The van der Waals surface area contributed by atoms with Crippen molar-refractivity contribution in [2.75, 3.05) is 7.11 Å². The van der Waals surface area contributed by atoms with E-state index < -0.39 is 17.2 Å². The third-order valence-electron chi connectivity index (χ3n) is 12.2. The Morgan fingerprint density at radius 3 is 1.71 bits per heavy atom. The minimum atomic E-state index is -2.00. The molecule has 4 saturated carbocycles. The molecule has 5 rings (SSSR count). The summed E-state index contributed by atoms with van der Waals surface area (Å²) < 4.78 is 37.6. The van der Waals surface area contributed by atoms with Crippen molar-refractivity contribution in [3.05, 3.63) is 23.8 Å². The second-order valence-corrected chi connectivity index (χ2v) is 21.9. The van der Waals surface area contributed by atoms with Crippen LogP contribution in [0.5, 0.6) is 11.5 Å². The topological polar surface area (TPSA) is 75.6 Å². The summed E-state index contributed by atoms with van der Waals surface area (Å²) in [5.41, 5.74) is 0.778. The van der Waals surface area contributed by atoms with Crippen molar-refractivity contribution in [3.8, 4) is 11.5 Å². The maximum absolute atomic E-state index is 10.6. The van der Waals surface area contributed by atoms with E-state index in [2.05, 4.69) is 90.0 Å². The third-order valence-corrected chi connectivity index (χ3v) is 14.3. The standard InChI is InChI=1S/C32H54O7P2.C10H20.C4H10.C3H8/c1-22(2)29-17-16-25(5)20-31(29)38-41(37-28-14-8-11-24(4)19-28)39-32-26(12-9-15-30(32)34-6)21-35-40(33)36-27-13-7-10-23(3)18-27;1-8(2)10-6-4-9(3)5-7-10;1-4(2)3;1-3-2/h9,12,15,22-25,27-29,31,33H,7-8,10-11,13-14,16-21H2,1-6H3;8-10H,4-7H2,1-3H3;4H,1-3H3;3H2,1-2H3/t23?,24?,25-,27?,28?,29?,31-,40?,41?;;;/m1.../s1. The first-order valence-corrected chi connectivity index (χ1v) is 26.0. The normalized spacial score (nSPS) is 29.9. The number of ether oxygens (including phenoxy) is 1. The molecule has 4 fully saturated rings. The zero-order chi connectivity index (χ0) is 43.2. The van der Waals surface area contributed by atoms with Crippen molar-refractivity contribution < 1.29 is 32.2 Å². The lowest BCUT2D eigenvalue weighted by Crippen LogP contribution is -2.34. The van der Waals surface area contributed by atoms with Gasteiger partial charge in [0.1, 0.15) is 0 Å². The predicted molar refractivity (Wildman–Crippen MR) is 248 cm³/mol. The third kappa shape index (κ3) is 21.5. The van der Waals surface area contributed by atoms with Gasteiger partial charge in [-0.1, -0.05) is 154 Å². The average molecular weight is 855 g/mol. The molecular weight excluding hydrogens is 762 g/mol. The number of para-hydroxylation sites is 1. The molecule has 7 nitrogen and oxygen atoms in total. The first kappa shape index (κ1) is 53.6. The largest absolute Gasteiger partial charge is 0.493 e. The Hall–Kier alpha value is -0.520. The van der Waals surface area contributed by atoms with Gasteiger partial charge in [-0.3, -0.25) is 9.05 Å². The van der Waals surface area contributed by atoms with Crippen molar-refractivity contribution in [2.45, 2.75) is 218 Å². The second-order valence-electron chi connectivity index (χ2n) is 19.9. The zero-order valence-electron chi connectivity index (χ0n) is 40.0. The highest BCUT2D eigenvalue weighted by Crippen LogP contribution is 2.52. The van der Waals surface area contributed by atoms with Crippen LogP contribution in [0.25, 0.3) is 0 Å². The summed E-state index contributed by atoms with van der Waals surface area (Å²) in [5, 5.41) is 0. The van der Waals surface area contributed by atoms with E-state index in [-0.39, 0.29) is 24.9 Å². The van der Waals surface area contributed by atoms with E-state index >= 15 is 0 Å². The lowest BCUT2D eigenvalue weighted by Gasteiger charge is -2.39. The second kappa shape index (κ2) is 29.7. The van der Waals surface area contributed by atoms with E-state index in [1.54, 1.807) is 7.11 Å². The molecular formula is C49H92O7P2. The highest BCUT2D eigenvalue weighted by molar-refractivity contribution is 7.42. The molecule has 1 aromatic rings. The molecule has 4 aliphatic carbocycles. The van der Waals surface area contributed by atoms with Gasteiger partial charge in [0, 0.05) is 5.56 Å². The molecule has 0 radical (unpaired) electrons. The molecule has 0 spiro atoms. The van der Waals surface area contributed by atoms with Gasteiger partial charge >= 0.3 is 17.2 Å². The van der Waals surface area contributed by atoms with Gasteiger partial charge in [0.25, 0.3) is 0 Å². The minimum absolute atomic E-state index is 0.0511. The van der Waals surface area contributed by atoms with E-state index in [4.69, 9.17) is 27.4 Å². The van der Waals surface area contributed by atoms with Gasteiger partial charge in [-0.15, -0.1) is 0 Å². The summed E-state index contributed by atoms with van der Waals surface area (Å²) in [6, 6.07) is 5.74. The molecule has 0 aliphatic heterocycles. The molecule has 1 N–H and O–H groups in total. The van der Waals surface area contributed by atoms with E-state index in [1.165, 1.54) is 57.8 Å². The average Bonchev–Trinajstić information content (AvgIpc) is 3.15. The van der Waals surface area contributed by atoms with Crippen LogP contribution in [0.2, 0.25) is 0 Å². The molecule has 9 heteroatoms. The zero-order valence-corrected chi connectivity index (χ0v) is 41.8. The van der Waals surface area contributed by atoms with Crippen molar-refractivity contribution in [1.29, 1.82) is 0 Å². The van der Waals surface area contributed by atoms with E-state index in [1.807, 2.05) is 18.2 Å². The molecule has 0 heterocycles. The van der Waals surface area contributed by atoms with E-state index in [9.17, 15) is 4.89 Å². The van der Waals surface area contributed by atoms with Gasteiger partial charge in [0.05, 0.1) is 32.0 Å². The fourth-order valence-electron chi connectivity index (χ4n) is 8.73. The Labute approximate surface area is 361 Å². The van der Waals surface area contributed by atoms with Crippen molar-refractivity contribution in [2.24, 2.45) is 53.3 Å². The number of rotatable bonds is 14. The van der Waals surface area contributed by atoms with Crippen LogP contribution in [0.4, 0.5) is 0 Å². The highest BCUT2D eigenvalue weighted by atomic mass is 31.2. The summed E-state index contributed by atoms with van der Waals surface area (Å²) in [4.78, 5) is 10.6. The molecule has 0 aromatic heterocycles. The van der Waals surface area contributed by atoms with Gasteiger partial charge in [0.2, 0.25) is 0 Å². The van der Waals surface area contributed by atoms with E-state index in [0.29, 0.717) is 41.1 Å². The van der Waals surface area contributed by atoms with Crippen LogP contribution in [0, 0.1) is 53.3 Å². The Kier molecular flexibility index (Phi) is 27.5. The monoisotopic (exact) mass is 855 g/mol. The quantitative estimate of drug-likeness (QED) is 0.187. The van der Waals surface area contributed by atoms with Crippen LogP contribution in [-0.4, -0.2) is 30.3 Å². The maximum atomic E-state index is 10.6. The molecule has 0 amide bonds. The van der Waals surface area contributed by atoms with Crippen molar-refractivity contribution >= 4 is 17.2 Å². The van der Waals surface area contributed by atoms with E-state index in [0.717, 1.165) is 74.2 Å². The van der Waals surface area contributed by atoms with Crippen LogP contribution in [0.1, 0.15) is 198 Å². The lowest BCUT2D eigenvalue weighted by atomic mass is 9.75. The molecule has 58 heavy (non-hydrogen) atoms. The number of methoxy groups -OCH3 is 1. The fraction of sp³-hybridized carbons (Fsp3) is 0.878. The molecule has 0 saturated heterocycles. The number of hydrogen-bond acceptors (Lipinski definition) is 7. The van der Waals surface area contributed by atoms with Gasteiger partial charge < -0.3 is 23.2 Å². The summed E-state index contributed by atoms with van der Waals surface area (Å²) in [6.45, 7) is 29.5. The minimum Gasteiger partial charge on any atom is -0.493 e. The molecule has 7 unspecified atom stereocenters. The number of benzene rings is 1. The summed E-state index contributed by atoms with van der Waals surface area (Å²) >= 11 is 0. The molecule has 340 valence electrons. The summed E-state index contributed by atoms with van der Waals surface area (Å²) in [7, 11) is -2.03. The fourth-order valence-corrected chi connectivity index (χ4v) is 10.9. The van der Waals surface area contributed by atoms with Crippen LogP contribution >= 0.6 is 17.2 Å². The Morgan fingerprint density at radius 1 is 0.655 bits per heavy atom. The van der Waals surface area contributed by atoms with Crippen molar-refractivity contribution in [1.82, 2.24) is 0 Å². The maximum Gasteiger partial charge on any atom is 0.397 e. The van der Waals surface area contributed by atoms with Crippen LogP contribution < -0.4 is 9.26 Å². The molecule has 4 aliphatic rings. The van der Waals surface area contributed by atoms with Crippen molar-refractivity contribution in [3.63, 3.8) is 0 Å². The van der Waals surface area contributed by atoms with Crippen LogP contribution in [0.3, 0.4) is 0 Å². The highest BCUT2D eigenvalue weighted by Gasteiger charge is 2.37. The SMILES string of the molecule is CC(C)C.CC1CCC(C(C)C)CC1.CCC.COc1cccc(COP(O)OC2CCCC(C)C2)c1OP(OC1CCCC(C)C1)O[C@@H]1C[C@H](C)CCC1C(C)C. The molecule has 1 aromatic carbocycles. The van der Waals surface area contributed by atoms with Gasteiger partial charge in [-0.2, -0.15) is 0 Å². The smallest absolute Gasteiger partial charge is 0.397 e. The van der Waals surface area contributed by atoms with Crippen LogP contribution in [-0.2, 0) is 24.7 Å². The van der Waals surface area contributed by atoms with Crippen LogP contribution in [0.15, 0.2) is 18.2 Å². The lowest BCUT2D eigenvalue weighted by molar-refractivity contribution is 0.0179. The Balaban J connectivity index is 0.000000568. The molecule has 9 atom stereocenters. The predicted octanol–water partition coefficient (Wildman–Crippen LogP) is 16.3. The first-order chi connectivity index (χ1) is 27.6. The Bertz CT molecular complexity index is 1170. The van der Waals surface area contributed by atoms with Gasteiger partial charge in [-0.05, 0) is 111 Å².